The Kier molecular flexibility index (Phi) is 3.09. The van der Waals surface area contributed by atoms with E-state index in [-0.39, 0.29) is 16.7 Å². The van der Waals surface area contributed by atoms with Gasteiger partial charge in [-0.25, -0.2) is 4.79 Å². The number of ether oxygens (including phenoxy) is 1. The lowest BCUT2D eigenvalue weighted by atomic mass is 10.2. The van der Waals surface area contributed by atoms with Crippen molar-refractivity contribution in [2.24, 2.45) is 0 Å². The maximum absolute atomic E-state index is 11.5. The zero-order chi connectivity index (χ0) is 10.9. The number of nitrogens with zero attached hydrogens (tertiary/aromatic N) is 1. The molecule has 4 nitrogen and oxygen atoms in total. The van der Waals surface area contributed by atoms with Crippen molar-refractivity contribution < 1.29 is 14.3 Å². The predicted molar refractivity (Wildman–Crippen MR) is 55.3 cm³/mol. The number of Topliss-reactive ketones (excluding diaryl/α,β-unsaturated/α-hetero) is 1. The number of amides is 1. The van der Waals surface area contributed by atoms with E-state index >= 15 is 0 Å². The van der Waals surface area contributed by atoms with Crippen molar-refractivity contribution in [2.75, 3.05) is 12.9 Å². The number of hydrogen-bond donors (Lipinski definition) is 0. The van der Waals surface area contributed by atoms with Crippen molar-refractivity contribution in [2.45, 2.75) is 31.7 Å². The zero-order valence-corrected chi connectivity index (χ0v) is 9.68. The molecule has 1 amide bonds. The third kappa shape index (κ3) is 1.87. The summed E-state index contributed by atoms with van der Waals surface area (Å²) in [7, 11) is 1.33. The van der Waals surface area contributed by atoms with Crippen LogP contribution >= 0.6 is 11.8 Å². The van der Waals surface area contributed by atoms with Crippen molar-refractivity contribution in [3.05, 3.63) is 0 Å². The largest absolute Gasteiger partial charge is 0.453 e. The molecule has 1 aliphatic heterocycles. The quantitative estimate of drug-likeness (QED) is 0.667. The van der Waals surface area contributed by atoms with Gasteiger partial charge in [0.05, 0.1) is 12.0 Å². The van der Waals surface area contributed by atoms with E-state index in [0.717, 1.165) is 0 Å². The highest BCUT2D eigenvalue weighted by molar-refractivity contribution is 8.00. The maximum atomic E-state index is 11.5. The minimum absolute atomic E-state index is 0.00785. The van der Waals surface area contributed by atoms with Gasteiger partial charge in [-0.3, -0.25) is 9.69 Å². The number of hydrogen-bond acceptors (Lipinski definition) is 4. The van der Waals surface area contributed by atoms with E-state index in [9.17, 15) is 9.59 Å². The number of thioether (sulfide) groups is 1. The molecule has 1 saturated heterocycles. The summed E-state index contributed by atoms with van der Waals surface area (Å²) in [4.78, 5) is 23.9. The molecule has 0 bridgehead atoms. The van der Waals surface area contributed by atoms with Crippen LogP contribution in [0.5, 0.6) is 0 Å². The van der Waals surface area contributed by atoms with Crippen LogP contribution in [0.25, 0.3) is 0 Å². The first-order valence-electron chi connectivity index (χ1n) is 4.42. The highest BCUT2D eigenvalue weighted by Crippen LogP contribution is 2.39. The molecule has 0 saturated carbocycles. The van der Waals surface area contributed by atoms with Crippen LogP contribution in [-0.2, 0) is 9.53 Å². The lowest BCUT2D eigenvalue weighted by Crippen LogP contribution is -2.49. The van der Waals surface area contributed by atoms with Gasteiger partial charge < -0.3 is 4.74 Å². The first-order chi connectivity index (χ1) is 6.40. The number of rotatable bonds is 1. The molecule has 0 radical (unpaired) electrons. The van der Waals surface area contributed by atoms with Crippen molar-refractivity contribution in [1.29, 1.82) is 0 Å². The molecular formula is C9H15NO3S. The van der Waals surface area contributed by atoms with Gasteiger partial charge in [0.15, 0.2) is 5.78 Å². The summed E-state index contributed by atoms with van der Waals surface area (Å²) in [6.07, 6.45) is -0.430. The van der Waals surface area contributed by atoms with E-state index in [4.69, 9.17) is 0 Å². The Bertz CT molecular complexity index is 265. The number of carbonyl (C=O) groups is 2. The smallest absolute Gasteiger partial charge is 0.411 e. The Morgan fingerprint density at radius 1 is 1.50 bits per heavy atom. The predicted octanol–water partition coefficient (Wildman–Crippen LogP) is 1.50. The normalized spacial score (nSPS) is 24.9. The van der Waals surface area contributed by atoms with Crippen molar-refractivity contribution in [3.8, 4) is 0 Å². The molecule has 1 heterocycles. The Hall–Kier alpha value is -0.710. The summed E-state index contributed by atoms with van der Waals surface area (Å²) in [5.41, 5.74) is 0. The summed E-state index contributed by atoms with van der Waals surface area (Å²) in [5, 5.41) is 0. The van der Waals surface area contributed by atoms with E-state index in [2.05, 4.69) is 4.74 Å². The first kappa shape index (κ1) is 11.4. The van der Waals surface area contributed by atoms with E-state index in [1.54, 1.807) is 11.8 Å². The minimum Gasteiger partial charge on any atom is -0.453 e. The summed E-state index contributed by atoms with van der Waals surface area (Å²) < 4.78 is 4.67. The van der Waals surface area contributed by atoms with E-state index in [1.165, 1.54) is 18.9 Å². The minimum atomic E-state index is -0.430. The highest BCUT2D eigenvalue weighted by atomic mass is 32.2. The van der Waals surface area contributed by atoms with Crippen LogP contribution in [0.2, 0.25) is 0 Å². The molecule has 0 aromatic heterocycles. The van der Waals surface area contributed by atoms with Gasteiger partial charge in [0, 0.05) is 5.75 Å². The lowest BCUT2D eigenvalue weighted by molar-refractivity contribution is -0.121. The summed E-state index contributed by atoms with van der Waals surface area (Å²) in [6, 6.07) is -0.345. The monoisotopic (exact) mass is 217 g/mol. The van der Waals surface area contributed by atoms with Gasteiger partial charge in [-0.15, -0.1) is 11.8 Å². The molecule has 0 aromatic carbocycles. The van der Waals surface area contributed by atoms with E-state index < -0.39 is 6.09 Å². The van der Waals surface area contributed by atoms with Crippen LogP contribution in [-0.4, -0.2) is 40.6 Å². The van der Waals surface area contributed by atoms with Crippen molar-refractivity contribution in [1.82, 2.24) is 4.90 Å². The molecule has 0 aliphatic carbocycles. The van der Waals surface area contributed by atoms with Crippen LogP contribution in [0.4, 0.5) is 4.79 Å². The van der Waals surface area contributed by atoms with Gasteiger partial charge >= 0.3 is 6.09 Å². The fourth-order valence-electron chi connectivity index (χ4n) is 1.55. The molecular weight excluding hydrogens is 202 g/mol. The number of carbonyl (C=O) groups excluding carboxylic acids is 2. The highest BCUT2D eigenvalue weighted by Gasteiger charge is 2.45. The number of methoxy groups -OCH3 is 1. The van der Waals surface area contributed by atoms with Gasteiger partial charge in [0.1, 0.15) is 6.04 Å². The van der Waals surface area contributed by atoms with Crippen LogP contribution in [0, 0.1) is 0 Å². The van der Waals surface area contributed by atoms with Gasteiger partial charge in [-0.05, 0) is 20.8 Å². The fourth-order valence-corrected chi connectivity index (χ4v) is 2.84. The van der Waals surface area contributed by atoms with Gasteiger partial charge in [0.25, 0.3) is 0 Å². The molecule has 1 rings (SSSR count). The molecule has 1 fully saturated rings. The third-order valence-corrected chi connectivity index (χ3v) is 3.71. The number of ketones is 1. The molecule has 80 valence electrons. The average Bonchev–Trinajstić information content (AvgIpc) is 2.40. The van der Waals surface area contributed by atoms with Gasteiger partial charge in [0.2, 0.25) is 0 Å². The molecule has 1 atom stereocenters. The summed E-state index contributed by atoms with van der Waals surface area (Å²) in [5.74, 6) is 0.658. The summed E-state index contributed by atoms with van der Waals surface area (Å²) >= 11 is 1.59. The van der Waals surface area contributed by atoms with Crippen molar-refractivity contribution in [3.63, 3.8) is 0 Å². The lowest BCUT2D eigenvalue weighted by Gasteiger charge is -2.32. The standard InChI is InChI=1S/C9H15NO3S/c1-6(11)7-5-14-9(2,3)10(7)8(12)13-4/h7H,5H2,1-4H3/t7-/m0/s1. The summed E-state index contributed by atoms with van der Waals surface area (Å²) in [6.45, 7) is 5.33. The molecule has 1 aliphatic rings. The van der Waals surface area contributed by atoms with E-state index in [0.29, 0.717) is 5.75 Å². The van der Waals surface area contributed by atoms with Crippen LogP contribution in [0.3, 0.4) is 0 Å². The third-order valence-electron chi connectivity index (χ3n) is 2.33. The molecule has 0 aromatic rings. The molecule has 5 heteroatoms. The Morgan fingerprint density at radius 3 is 2.50 bits per heavy atom. The van der Waals surface area contributed by atoms with Gasteiger partial charge in [-0.1, -0.05) is 0 Å². The molecule has 0 N–H and O–H groups in total. The Morgan fingerprint density at radius 2 is 2.07 bits per heavy atom. The Labute approximate surface area is 88.0 Å². The molecule has 0 spiro atoms. The topological polar surface area (TPSA) is 46.6 Å². The van der Waals surface area contributed by atoms with Crippen molar-refractivity contribution >= 4 is 23.6 Å². The van der Waals surface area contributed by atoms with Crippen LogP contribution in [0.15, 0.2) is 0 Å². The van der Waals surface area contributed by atoms with Crippen LogP contribution < -0.4 is 0 Å². The second-order valence-electron chi connectivity index (χ2n) is 3.72. The first-order valence-corrected chi connectivity index (χ1v) is 5.40. The van der Waals surface area contributed by atoms with Gasteiger partial charge in [-0.2, -0.15) is 0 Å². The molecule has 0 unspecified atom stereocenters. The molecule has 14 heavy (non-hydrogen) atoms. The maximum Gasteiger partial charge on any atom is 0.411 e. The van der Waals surface area contributed by atoms with Crippen LogP contribution in [0.1, 0.15) is 20.8 Å². The SMILES string of the molecule is COC(=O)N1[C@H](C(C)=O)CSC1(C)C. The average molecular weight is 217 g/mol. The second kappa shape index (κ2) is 3.81. The second-order valence-corrected chi connectivity index (χ2v) is 5.35. The Balaban J connectivity index is 2.92. The fraction of sp³-hybridized carbons (Fsp3) is 0.778. The van der Waals surface area contributed by atoms with E-state index in [1.807, 2.05) is 13.8 Å². The zero-order valence-electron chi connectivity index (χ0n) is 8.86.